The molecule has 1 aliphatic carbocycles. The van der Waals surface area contributed by atoms with E-state index < -0.39 is 0 Å². The van der Waals surface area contributed by atoms with Gasteiger partial charge in [-0.3, -0.25) is 4.79 Å². The predicted molar refractivity (Wildman–Crippen MR) is 73.4 cm³/mol. The maximum absolute atomic E-state index is 11.9. The lowest BCUT2D eigenvalue weighted by molar-refractivity contribution is -0.122. The van der Waals surface area contributed by atoms with Gasteiger partial charge in [0.15, 0.2) is 0 Å². The summed E-state index contributed by atoms with van der Waals surface area (Å²) in [5.41, 5.74) is 8.57. The second-order valence-electron chi connectivity index (χ2n) is 4.93. The highest BCUT2D eigenvalue weighted by molar-refractivity contribution is 7.07. The van der Waals surface area contributed by atoms with Crippen molar-refractivity contribution in [2.24, 2.45) is 11.7 Å². The summed E-state index contributed by atoms with van der Waals surface area (Å²) >= 11 is 1.57. The van der Waals surface area contributed by atoms with Crippen molar-refractivity contribution in [1.82, 2.24) is 10.3 Å². The van der Waals surface area contributed by atoms with Crippen LogP contribution in [-0.2, 0) is 11.2 Å². The summed E-state index contributed by atoms with van der Waals surface area (Å²) in [4.78, 5) is 16.1. The van der Waals surface area contributed by atoms with Crippen LogP contribution in [0.2, 0.25) is 0 Å². The maximum atomic E-state index is 11.9. The Morgan fingerprint density at radius 2 is 2.33 bits per heavy atom. The number of nitrogens with zero attached hydrogens (tertiary/aromatic N) is 1. The number of aromatic nitrogens is 1. The number of rotatable bonds is 5. The maximum Gasteiger partial charge on any atom is 0.220 e. The van der Waals surface area contributed by atoms with Crippen molar-refractivity contribution >= 4 is 17.2 Å². The molecule has 1 amide bonds. The van der Waals surface area contributed by atoms with Crippen LogP contribution in [0.15, 0.2) is 10.9 Å². The van der Waals surface area contributed by atoms with E-state index in [1.54, 1.807) is 16.8 Å². The summed E-state index contributed by atoms with van der Waals surface area (Å²) in [7, 11) is 0. The molecule has 5 heteroatoms. The first-order valence-corrected chi connectivity index (χ1v) is 7.60. The van der Waals surface area contributed by atoms with E-state index in [1.165, 1.54) is 12.8 Å². The third-order valence-electron chi connectivity index (χ3n) is 3.65. The molecule has 1 aliphatic rings. The van der Waals surface area contributed by atoms with E-state index in [1.807, 2.05) is 5.38 Å². The number of nitrogens with one attached hydrogen (secondary N) is 1. The lowest BCUT2D eigenvalue weighted by atomic mass is 9.84. The molecule has 0 saturated heterocycles. The first-order chi connectivity index (χ1) is 8.79. The summed E-state index contributed by atoms with van der Waals surface area (Å²) in [5, 5.41) is 5.14. The van der Waals surface area contributed by atoms with Crippen LogP contribution in [0.25, 0.3) is 0 Å². The average Bonchev–Trinajstić information content (AvgIpc) is 2.90. The van der Waals surface area contributed by atoms with Crippen LogP contribution in [0.3, 0.4) is 0 Å². The van der Waals surface area contributed by atoms with Crippen molar-refractivity contribution in [3.8, 4) is 0 Å². The van der Waals surface area contributed by atoms with Crippen molar-refractivity contribution in [2.75, 3.05) is 6.54 Å². The highest BCUT2D eigenvalue weighted by Gasteiger charge is 2.24. The first-order valence-electron chi connectivity index (χ1n) is 6.66. The normalized spacial score (nSPS) is 23.8. The number of hydrogen-bond donors (Lipinski definition) is 2. The van der Waals surface area contributed by atoms with Crippen molar-refractivity contribution in [3.63, 3.8) is 0 Å². The van der Waals surface area contributed by atoms with Crippen LogP contribution < -0.4 is 11.1 Å². The van der Waals surface area contributed by atoms with Gasteiger partial charge in [0.25, 0.3) is 0 Å². The zero-order chi connectivity index (χ0) is 12.8. The van der Waals surface area contributed by atoms with Gasteiger partial charge in [-0.05, 0) is 31.7 Å². The highest BCUT2D eigenvalue weighted by Crippen LogP contribution is 2.23. The molecular formula is C13H21N3OS. The molecule has 0 aromatic carbocycles. The fourth-order valence-electron chi connectivity index (χ4n) is 2.56. The molecule has 100 valence electrons. The molecule has 0 radical (unpaired) electrons. The van der Waals surface area contributed by atoms with Gasteiger partial charge in [0.05, 0.1) is 11.2 Å². The van der Waals surface area contributed by atoms with Gasteiger partial charge in [-0.25, -0.2) is 4.98 Å². The predicted octanol–water partition coefficient (Wildman–Crippen LogP) is 1.71. The minimum Gasteiger partial charge on any atom is -0.353 e. The molecule has 18 heavy (non-hydrogen) atoms. The van der Waals surface area contributed by atoms with Gasteiger partial charge in [-0.15, -0.1) is 11.3 Å². The third kappa shape index (κ3) is 3.78. The summed E-state index contributed by atoms with van der Waals surface area (Å²) in [5.74, 6) is 0.593. The zero-order valence-corrected chi connectivity index (χ0v) is 11.4. The lowest BCUT2D eigenvalue weighted by Gasteiger charge is -2.31. The van der Waals surface area contributed by atoms with Crippen LogP contribution in [0, 0.1) is 5.92 Å². The summed E-state index contributed by atoms with van der Waals surface area (Å²) < 4.78 is 0. The minimum absolute atomic E-state index is 0.133. The van der Waals surface area contributed by atoms with E-state index in [2.05, 4.69) is 10.3 Å². The molecule has 1 aromatic rings. The van der Waals surface area contributed by atoms with Gasteiger partial charge in [-0.1, -0.05) is 12.8 Å². The molecule has 1 saturated carbocycles. The van der Waals surface area contributed by atoms with E-state index in [9.17, 15) is 4.79 Å². The Bertz CT molecular complexity index is 366. The van der Waals surface area contributed by atoms with Crippen molar-refractivity contribution in [3.05, 3.63) is 16.6 Å². The molecule has 1 fully saturated rings. The van der Waals surface area contributed by atoms with Gasteiger partial charge in [0.2, 0.25) is 5.91 Å². The third-order valence-corrected chi connectivity index (χ3v) is 4.29. The fourth-order valence-corrected chi connectivity index (χ4v) is 3.15. The quantitative estimate of drug-likeness (QED) is 0.853. The molecule has 2 unspecified atom stereocenters. The Balaban J connectivity index is 1.75. The molecule has 2 rings (SSSR count). The van der Waals surface area contributed by atoms with Gasteiger partial charge in [-0.2, -0.15) is 0 Å². The zero-order valence-electron chi connectivity index (χ0n) is 10.6. The molecule has 3 N–H and O–H groups in total. The van der Waals surface area contributed by atoms with Gasteiger partial charge in [0, 0.05) is 17.8 Å². The van der Waals surface area contributed by atoms with Crippen LogP contribution in [0.1, 0.15) is 37.8 Å². The van der Waals surface area contributed by atoms with Crippen LogP contribution in [0.5, 0.6) is 0 Å². The molecule has 0 spiro atoms. The Morgan fingerprint density at radius 1 is 1.50 bits per heavy atom. The molecule has 4 nitrogen and oxygen atoms in total. The number of carbonyl (C=O) groups excluding carboxylic acids is 1. The Labute approximate surface area is 112 Å². The summed E-state index contributed by atoms with van der Waals surface area (Å²) in [6, 6.07) is 0.284. The number of hydrogen-bond acceptors (Lipinski definition) is 4. The second-order valence-corrected chi connectivity index (χ2v) is 5.65. The van der Waals surface area contributed by atoms with Gasteiger partial charge < -0.3 is 11.1 Å². The van der Waals surface area contributed by atoms with E-state index >= 15 is 0 Å². The van der Waals surface area contributed by atoms with Gasteiger partial charge >= 0.3 is 0 Å². The van der Waals surface area contributed by atoms with Crippen molar-refractivity contribution in [1.29, 1.82) is 0 Å². The Hall–Kier alpha value is -0.940. The fraction of sp³-hybridized carbons (Fsp3) is 0.692. The summed E-state index contributed by atoms with van der Waals surface area (Å²) in [6.07, 6.45) is 5.92. The number of amides is 1. The topological polar surface area (TPSA) is 68.0 Å². The number of thiazole rings is 1. The Kier molecular flexibility index (Phi) is 5.13. The van der Waals surface area contributed by atoms with Crippen LogP contribution in [0.4, 0.5) is 0 Å². The molecular weight excluding hydrogens is 246 g/mol. The Morgan fingerprint density at radius 3 is 3.06 bits per heavy atom. The molecule has 0 aliphatic heterocycles. The standard InChI is InChI=1S/C13H21N3OS/c14-7-10-3-1-2-4-12(10)16-13(17)6-5-11-8-18-9-15-11/h8-10,12H,1-7,14H2,(H,16,17). The van der Waals surface area contributed by atoms with E-state index in [-0.39, 0.29) is 11.9 Å². The highest BCUT2D eigenvalue weighted by atomic mass is 32.1. The number of aryl methyl sites for hydroxylation is 1. The van der Waals surface area contributed by atoms with Crippen LogP contribution in [-0.4, -0.2) is 23.5 Å². The van der Waals surface area contributed by atoms with E-state index in [0.29, 0.717) is 18.9 Å². The average molecular weight is 267 g/mol. The first kappa shape index (κ1) is 13.5. The second kappa shape index (κ2) is 6.85. The molecule has 1 aromatic heterocycles. The molecule has 1 heterocycles. The minimum atomic E-state index is 0.133. The SMILES string of the molecule is NCC1CCCCC1NC(=O)CCc1cscn1. The molecule has 2 atom stereocenters. The van der Waals surface area contributed by atoms with Gasteiger partial charge in [0.1, 0.15) is 0 Å². The smallest absolute Gasteiger partial charge is 0.220 e. The van der Waals surface area contributed by atoms with Crippen molar-refractivity contribution in [2.45, 2.75) is 44.6 Å². The number of nitrogens with two attached hydrogens (primary N) is 1. The van der Waals surface area contributed by atoms with Crippen LogP contribution >= 0.6 is 11.3 Å². The lowest BCUT2D eigenvalue weighted by Crippen LogP contribution is -2.44. The summed E-state index contributed by atoms with van der Waals surface area (Å²) in [6.45, 7) is 0.678. The largest absolute Gasteiger partial charge is 0.353 e. The monoisotopic (exact) mass is 267 g/mol. The van der Waals surface area contributed by atoms with E-state index in [4.69, 9.17) is 5.73 Å². The number of carbonyl (C=O) groups is 1. The van der Waals surface area contributed by atoms with Crippen molar-refractivity contribution < 1.29 is 4.79 Å². The van der Waals surface area contributed by atoms with E-state index in [0.717, 1.165) is 25.0 Å². The molecule has 0 bridgehead atoms.